The van der Waals surface area contributed by atoms with Crippen LogP contribution in [-0.2, 0) is 0 Å². The minimum Gasteiger partial charge on any atom is -0.396 e. The Kier molecular flexibility index (Phi) is 5.93. The van der Waals surface area contributed by atoms with Crippen molar-refractivity contribution in [2.24, 2.45) is 0 Å². The van der Waals surface area contributed by atoms with Crippen LogP contribution in [0.15, 0.2) is 49.1 Å². The van der Waals surface area contributed by atoms with Gasteiger partial charge in [0.25, 0.3) is 0 Å². The summed E-state index contributed by atoms with van der Waals surface area (Å²) in [6.07, 6.45) is 5.63. The Morgan fingerprint density at radius 1 is 1.19 bits per heavy atom. The molecular weight excluding hydrogens is 352 g/mol. The maximum Gasteiger partial charge on any atom is 0.230 e. The van der Waals surface area contributed by atoms with Gasteiger partial charge in [-0.3, -0.25) is 4.98 Å². The molecule has 2 heterocycles. The van der Waals surface area contributed by atoms with Gasteiger partial charge < -0.3 is 15.3 Å². The summed E-state index contributed by atoms with van der Waals surface area (Å²) in [4.78, 5) is 19.2. The highest BCUT2D eigenvalue weighted by molar-refractivity contribution is 6.30. The first kappa shape index (κ1) is 18.0. The second-order valence-corrected chi connectivity index (χ2v) is 6.13. The molecule has 8 heteroatoms. The largest absolute Gasteiger partial charge is 0.396 e. The van der Waals surface area contributed by atoms with Crippen LogP contribution in [0.25, 0.3) is 11.4 Å². The number of aromatic nitrogens is 4. The number of rotatable bonds is 7. The molecule has 0 bridgehead atoms. The number of nitrogens with zero attached hydrogens (tertiary/aromatic N) is 5. The van der Waals surface area contributed by atoms with Crippen LogP contribution in [0, 0.1) is 0 Å². The molecule has 0 saturated carbocycles. The average Bonchev–Trinajstić information content (AvgIpc) is 2.66. The average molecular weight is 371 g/mol. The first-order valence-corrected chi connectivity index (χ1v) is 8.52. The highest BCUT2D eigenvalue weighted by Gasteiger charge is 2.08. The van der Waals surface area contributed by atoms with Gasteiger partial charge in [-0.2, -0.15) is 4.98 Å². The Hall–Kier alpha value is -2.77. The standard InChI is InChI=1S/C18H19ClN6O/c1-25(6-3-7-26)16-8-13(10-20-11-16)17-21-12-22-18(24-17)23-15-5-2-4-14(19)9-15/h2,4-5,8-12,26H,3,6-7H2,1H3,(H,21,22,23,24). The molecule has 3 rings (SSSR count). The van der Waals surface area contributed by atoms with Gasteiger partial charge >= 0.3 is 0 Å². The predicted molar refractivity (Wildman–Crippen MR) is 103 cm³/mol. The molecule has 2 aromatic heterocycles. The number of anilines is 3. The number of nitrogens with one attached hydrogen (secondary N) is 1. The molecule has 0 aliphatic rings. The minimum atomic E-state index is 0.156. The van der Waals surface area contributed by atoms with Crippen LogP contribution in [0.1, 0.15) is 6.42 Å². The van der Waals surface area contributed by atoms with Crippen LogP contribution in [0.5, 0.6) is 0 Å². The molecular formula is C18H19ClN6O. The molecule has 0 atom stereocenters. The summed E-state index contributed by atoms with van der Waals surface area (Å²) in [5.41, 5.74) is 2.51. The molecule has 134 valence electrons. The summed E-state index contributed by atoms with van der Waals surface area (Å²) in [6, 6.07) is 9.29. The van der Waals surface area contributed by atoms with E-state index in [2.05, 4.69) is 25.3 Å². The van der Waals surface area contributed by atoms with Crippen molar-refractivity contribution in [2.45, 2.75) is 6.42 Å². The number of aliphatic hydroxyl groups is 1. The van der Waals surface area contributed by atoms with E-state index in [0.717, 1.165) is 23.5 Å². The number of pyridine rings is 1. The van der Waals surface area contributed by atoms with Gasteiger partial charge in [0.15, 0.2) is 5.82 Å². The van der Waals surface area contributed by atoms with E-state index < -0.39 is 0 Å². The monoisotopic (exact) mass is 370 g/mol. The number of hydrogen-bond donors (Lipinski definition) is 2. The maximum atomic E-state index is 8.98. The lowest BCUT2D eigenvalue weighted by molar-refractivity contribution is 0.290. The number of benzene rings is 1. The summed E-state index contributed by atoms with van der Waals surface area (Å²) < 4.78 is 0. The van der Waals surface area contributed by atoms with Gasteiger partial charge in [0.2, 0.25) is 5.95 Å². The highest BCUT2D eigenvalue weighted by Crippen LogP contribution is 2.22. The topological polar surface area (TPSA) is 87.1 Å². The van der Waals surface area contributed by atoms with E-state index in [9.17, 15) is 0 Å². The third kappa shape index (κ3) is 4.65. The number of halogens is 1. The fourth-order valence-corrected chi connectivity index (χ4v) is 2.58. The molecule has 0 aliphatic carbocycles. The van der Waals surface area contributed by atoms with Crippen molar-refractivity contribution in [3.8, 4) is 11.4 Å². The van der Waals surface area contributed by atoms with Gasteiger partial charge in [0.05, 0.1) is 11.9 Å². The van der Waals surface area contributed by atoms with Crippen molar-refractivity contribution >= 4 is 28.9 Å². The third-order valence-corrected chi connectivity index (χ3v) is 3.96. The van der Waals surface area contributed by atoms with Crippen molar-refractivity contribution in [1.29, 1.82) is 0 Å². The van der Waals surface area contributed by atoms with Crippen LogP contribution in [0.3, 0.4) is 0 Å². The van der Waals surface area contributed by atoms with Gasteiger partial charge in [-0.15, -0.1) is 0 Å². The maximum absolute atomic E-state index is 8.98. The molecule has 2 N–H and O–H groups in total. The van der Waals surface area contributed by atoms with Gasteiger partial charge in [-0.1, -0.05) is 17.7 Å². The molecule has 0 radical (unpaired) electrons. The minimum absolute atomic E-state index is 0.156. The molecule has 0 aliphatic heterocycles. The van der Waals surface area contributed by atoms with E-state index in [1.54, 1.807) is 24.5 Å². The zero-order valence-corrected chi connectivity index (χ0v) is 15.1. The van der Waals surface area contributed by atoms with E-state index in [-0.39, 0.29) is 6.61 Å². The van der Waals surface area contributed by atoms with Crippen molar-refractivity contribution < 1.29 is 5.11 Å². The number of aliphatic hydroxyl groups excluding tert-OH is 1. The molecule has 26 heavy (non-hydrogen) atoms. The quantitative estimate of drug-likeness (QED) is 0.660. The lowest BCUT2D eigenvalue weighted by Crippen LogP contribution is -2.19. The first-order valence-electron chi connectivity index (χ1n) is 8.15. The normalized spacial score (nSPS) is 10.6. The van der Waals surface area contributed by atoms with Gasteiger partial charge in [-0.25, -0.2) is 9.97 Å². The SMILES string of the molecule is CN(CCCO)c1cncc(-c2ncnc(Nc3cccc(Cl)c3)n2)c1. The van der Waals surface area contributed by atoms with E-state index >= 15 is 0 Å². The molecule has 1 aromatic carbocycles. The Morgan fingerprint density at radius 3 is 2.88 bits per heavy atom. The van der Waals surface area contributed by atoms with Gasteiger partial charge in [0, 0.05) is 42.7 Å². The molecule has 3 aromatic rings. The van der Waals surface area contributed by atoms with Gasteiger partial charge in [0.1, 0.15) is 6.33 Å². The van der Waals surface area contributed by atoms with Crippen molar-refractivity contribution in [2.75, 3.05) is 30.4 Å². The second-order valence-electron chi connectivity index (χ2n) is 5.70. The van der Waals surface area contributed by atoms with Crippen LogP contribution in [0.2, 0.25) is 5.02 Å². The first-order chi connectivity index (χ1) is 12.7. The van der Waals surface area contributed by atoms with Crippen molar-refractivity contribution in [3.05, 3.63) is 54.1 Å². The lowest BCUT2D eigenvalue weighted by Gasteiger charge is -2.18. The lowest BCUT2D eigenvalue weighted by atomic mass is 10.2. The summed E-state index contributed by atoms with van der Waals surface area (Å²) in [7, 11) is 1.95. The van der Waals surface area contributed by atoms with Crippen molar-refractivity contribution in [3.63, 3.8) is 0 Å². The smallest absolute Gasteiger partial charge is 0.230 e. The molecule has 0 amide bonds. The zero-order chi connectivity index (χ0) is 18.4. The van der Waals surface area contributed by atoms with Crippen LogP contribution in [0.4, 0.5) is 17.3 Å². The summed E-state index contributed by atoms with van der Waals surface area (Å²) in [5, 5.41) is 12.7. The molecule has 0 fully saturated rings. The fourth-order valence-electron chi connectivity index (χ4n) is 2.39. The fraction of sp³-hybridized carbons (Fsp3) is 0.222. The summed E-state index contributed by atoms with van der Waals surface area (Å²) >= 11 is 6.00. The Bertz CT molecular complexity index is 876. The summed E-state index contributed by atoms with van der Waals surface area (Å²) in [6.45, 7) is 0.893. The third-order valence-electron chi connectivity index (χ3n) is 3.73. The van der Waals surface area contributed by atoms with Crippen LogP contribution >= 0.6 is 11.6 Å². The Morgan fingerprint density at radius 2 is 2.08 bits per heavy atom. The highest BCUT2D eigenvalue weighted by atomic mass is 35.5. The Balaban J connectivity index is 1.81. The van der Waals surface area contributed by atoms with E-state index in [4.69, 9.17) is 16.7 Å². The molecule has 7 nitrogen and oxygen atoms in total. The predicted octanol–water partition coefficient (Wildman–Crippen LogP) is 3.15. The second kappa shape index (κ2) is 8.55. The molecule has 0 spiro atoms. The zero-order valence-electron chi connectivity index (χ0n) is 14.3. The van der Waals surface area contributed by atoms with Crippen LogP contribution in [-0.4, -0.2) is 45.2 Å². The van der Waals surface area contributed by atoms with Crippen LogP contribution < -0.4 is 10.2 Å². The Labute approximate surface area is 156 Å². The van der Waals surface area contributed by atoms with Crippen molar-refractivity contribution in [1.82, 2.24) is 19.9 Å². The molecule has 0 unspecified atom stereocenters. The van der Waals surface area contributed by atoms with E-state index in [1.165, 1.54) is 6.33 Å². The molecule has 0 saturated heterocycles. The van der Waals surface area contributed by atoms with E-state index in [1.807, 2.05) is 30.1 Å². The summed E-state index contributed by atoms with van der Waals surface area (Å²) in [5.74, 6) is 0.950. The number of hydrogen-bond acceptors (Lipinski definition) is 7. The van der Waals surface area contributed by atoms with E-state index in [0.29, 0.717) is 23.2 Å². The van der Waals surface area contributed by atoms with Gasteiger partial charge in [-0.05, 0) is 30.7 Å².